The maximum absolute atomic E-state index is 5.72. The third kappa shape index (κ3) is 4.56. The lowest BCUT2D eigenvalue weighted by Gasteiger charge is -2.08. The molecule has 1 aromatic carbocycles. The zero-order valence-electron chi connectivity index (χ0n) is 13.1. The van der Waals surface area contributed by atoms with Gasteiger partial charge < -0.3 is 14.6 Å². The predicted molar refractivity (Wildman–Crippen MR) is 81.4 cm³/mol. The monoisotopic (exact) mass is 289 g/mol. The Kier molecular flexibility index (Phi) is 5.33. The highest BCUT2D eigenvalue weighted by Crippen LogP contribution is 2.20. The summed E-state index contributed by atoms with van der Waals surface area (Å²) in [5.41, 5.74) is 1.25. The first kappa shape index (κ1) is 15.5. The second kappa shape index (κ2) is 7.22. The summed E-state index contributed by atoms with van der Waals surface area (Å²) in [4.78, 5) is 4.33. The fraction of sp³-hybridized carbons (Fsp3) is 0.500. The fourth-order valence-corrected chi connectivity index (χ4v) is 1.92. The molecular weight excluding hydrogens is 266 g/mol. The van der Waals surface area contributed by atoms with Crippen molar-refractivity contribution in [2.45, 2.75) is 45.8 Å². The molecule has 5 heteroatoms. The molecule has 0 saturated heterocycles. The van der Waals surface area contributed by atoms with Crippen molar-refractivity contribution in [2.24, 2.45) is 0 Å². The minimum atomic E-state index is 0.294. The smallest absolute Gasteiger partial charge is 0.264 e. The van der Waals surface area contributed by atoms with Crippen LogP contribution in [0.15, 0.2) is 28.8 Å². The van der Waals surface area contributed by atoms with E-state index >= 15 is 0 Å². The molecule has 21 heavy (non-hydrogen) atoms. The maximum Gasteiger partial charge on any atom is 0.264 e. The summed E-state index contributed by atoms with van der Waals surface area (Å²) in [5, 5.41) is 7.10. The quantitative estimate of drug-likeness (QED) is 0.849. The molecule has 114 valence electrons. The minimum absolute atomic E-state index is 0.294. The summed E-state index contributed by atoms with van der Waals surface area (Å²) in [6, 6.07) is 8.40. The highest BCUT2D eigenvalue weighted by atomic mass is 16.5. The van der Waals surface area contributed by atoms with Crippen LogP contribution in [0.3, 0.4) is 0 Å². The number of rotatable bonds is 7. The topological polar surface area (TPSA) is 60.2 Å². The fourth-order valence-electron chi connectivity index (χ4n) is 1.92. The largest absolute Gasteiger partial charge is 0.484 e. The van der Waals surface area contributed by atoms with Crippen molar-refractivity contribution in [1.82, 2.24) is 15.5 Å². The lowest BCUT2D eigenvalue weighted by Crippen LogP contribution is -2.24. The Bertz CT molecular complexity index is 566. The van der Waals surface area contributed by atoms with Gasteiger partial charge in [-0.2, -0.15) is 4.98 Å². The summed E-state index contributed by atoms with van der Waals surface area (Å²) in [5.74, 6) is 2.51. The van der Waals surface area contributed by atoms with Crippen molar-refractivity contribution in [3.05, 3.63) is 41.5 Å². The molecule has 1 aromatic heterocycles. The Morgan fingerprint density at radius 1 is 1.29 bits per heavy atom. The van der Waals surface area contributed by atoms with Crippen LogP contribution in [0.1, 0.15) is 44.0 Å². The Labute approximate surface area is 125 Å². The van der Waals surface area contributed by atoms with Crippen molar-refractivity contribution in [3.8, 4) is 5.75 Å². The molecule has 0 fully saturated rings. The van der Waals surface area contributed by atoms with Crippen molar-refractivity contribution in [1.29, 1.82) is 0 Å². The number of nitrogens with zero attached hydrogens (tertiary/aromatic N) is 2. The summed E-state index contributed by atoms with van der Waals surface area (Å²) in [6.07, 6.45) is 0.739. The third-order valence-corrected chi connectivity index (χ3v) is 3.38. The molecule has 2 rings (SSSR count). The minimum Gasteiger partial charge on any atom is -0.484 e. The Hall–Kier alpha value is -1.88. The molecule has 1 heterocycles. The maximum atomic E-state index is 5.72. The lowest BCUT2D eigenvalue weighted by molar-refractivity contribution is 0.242. The average Bonchev–Trinajstić information content (AvgIpc) is 2.92. The number of aromatic nitrogens is 2. The molecule has 1 N–H and O–H groups in total. The Morgan fingerprint density at radius 3 is 2.81 bits per heavy atom. The first-order valence-electron chi connectivity index (χ1n) is 7.30. The molecule has 1 unspecified atom stereocenters. The molecule has 0 aliphatic rings. The highest BCUT2D eigenvalue weighted by molar-refractivity contribution is 5.30. The van der Waals surface area contributed by atoms with Gasteiger partial charge in [-0.25, -0.2) is 0 Å². The van der Waals surface area contributed by atoms with Gasteiger partial charge in [0.25, 0.3) is 5.89 Å². The molecule has 0 bridgehead atoms. The van der Waals surface area contributed by atoms with E-state index in [0.717, 1.165) is 12.2 Å². The molecular formula is C16H23N3O2. The molecule has 1 atom stereocenters. The van der Waals surface area contributed by atoms with E-state index in [1.807, 2.05) is 25.2 Å². The van der Waals surface area contributed by atoms with Crippen LogP contribution in [0.5, 0.6) is 5.75 Å². The van der Waals surface area contributed by atoms with Crippen LogP contribution in [0, 0.1) is 0 Å². The van der Waals surface area contributed by atoms with Gasteiger partial charge in [-0.05, 0) is 37.6 Å². The highest BCUT2D eigenvalue weighted by Gasteiger charge is 2.10. The Morgan fingerprint density at radius 2 is 2.10 bits per heavy atom. The second-order valence-electron chi connectivity index (χ2n) is 5.51. The molecule has 0 amide bonds. The van der Waals surface area contributed by atoms with E-state index in [2.05, 4.69) is 42.3 Å². The van der Waals surface area contributed by atoms with E-state index in [4.69, 9.17) is 9.26 Å². The van der Waals surface area contributed by atoms with Gasteiger partial charge in [-0.15, -0.1) is 0 Å². The van der Waals surface area contributed by atoms with Crippen molar-refractivity contribution < 1.29 is 9.26 Å². The number of likely N-dealkylation sites (N-methyl/N-ethyl adjacent to an activating group) is 1. The summed E-state index contributed by atoms with van der Waals surface area (Å²) in [7, 11) is 1.91. The van der Waals surface area contributed by atoms with Gasteiger partial charge in [0.1, 0.15) is 5.75 Å². The van der Waals surface area contributed by atoms with E-state index in [0.29, 0.717) is 30.3 Å². The molecule has 0 saturated carbocycles. The van der Waals surface area contributed by atoms with Crippen LogP contribution < -0.4 is 10.1 Å². The van der Waals surface area contributed by atoms with Crippen LogP contribution in [0.2, 0.25) is 0 Å². The van der Waals surface area contributed by atoms with Crippen LogP contribution in [-0.2, 0) is 13.0 Å². The normalized spacial score (nSPS) is 12.6. The number of hydrogen-bond acceptors (Lipinski definition) is 5. The van der Waals surface area contributed by atoms with Gasteiger partial charge in [0.2, 0.25) is 0 Å². The van der Waals surface area contributed by atoms with E-state index in [9.17, 15) is 0 Å². The van der Waals surface area contributed by atoms with Gasteiger partial charge in [-0.3, -0.25) is 0 Å². The van der Waals surface area contributed by atoms with Crippen LogP contribution in [0.4, 0.5) is 0 Å². The van der Waals surface area contributed by atoms with Gasteiger partial charge in [0.05, 0.1) is 0 Å². The molecule has 0 radical (unpaired) electrons. The number of ether oxygens (including phenoxy) is 1. The molecule has 0 spiro atoms. The van der Waals surface area contributed by atoms with E-state index in [1.165, 1.54) is 5.56 Å². The van der Waals surface area contributed by atoms with Crippen LogP contribution >= 0.6 is 0 Å². The lowest BCUT2D eigenvalue weighted by atomic mass is 10.0. The van der Waals surface area contributed by atoms with Gasteiger partial charge in [-0.1, -0.05) is 31.1 Å². The number of nitrogens with one attached hydrogen (secondary N) is 1. The first-order valence-corrected chi connectivity index (χ1v) is 7.30. The van der Waals surface area contributed by atoms with E-state index in [-0.39, 0.29) is 0 Å². The summed E-state index contributed by atoms with van der Waals surface area (Å²) < 4.78 is 10.9. The van der Waals surface area contributed by atoms with Gasteiger partial charge in [0, 0.05) is 12.5 Å². The number of benzene rings is 1. The van der Waals surface area contributed by atoms with E-state index < -0.39 is 0 Å². The summed E-state index contributed by atoms with van der Waals surface area (Å²) >= 11 is 0. The Balaban J connectivity index is 1.92. The van der Waals surface area contributed by atoms with Gasteiger partial charge in [0.15, 0.2) is 12.4 Å². The SMILES string of the molecule is CNC(C)Cc1noc(COc2cccc(C(C)C)c2)n1. The molecule has 5 nitrogen and oxygen atoms in total. The predicted octanol–water partition coefficient (Wildman–Crippen LogP) is 2.92. The van der Waals surface area contributed by atoms with Crippen LogP contribution in [-0.4, -0.2) is 23.2 Å². The summed E-state index contributed by atoms with van der Waals surface area (Å²) in [6.45, 7) is 6.69. The van der Waals surface area contributed by atoms with Gasteiger partial charge >= 0.3 is 0 Å². The van der Waals surface area contributed by atoms with Crippen molar-refractivity contribution in [2.75, 3.05) is 7.05 Å². The molecule has 0 aliphatic heterocycles. The second-order valence-corrected chi connectivity index (χ2v) is 5.51. The number of hydrogen-bond donors (Lipinski definition) is 1. The average molecular weight is 289 g/mol. The van der Waals surface area contributed by atoms with Crippen molar-refractivity contribution in [3.63, 3.8) is 0 Å². The standard InChI is InChI=1S/C16H23N3O2/c1-11(2)13-6-5-7-14(9-13)20-10-16-18-15(19-21-16)8-12(3)17-4/h5-7,9,11-12,17H,8,10H2,1-4H3. The zero-order chi connectivity index (χ0) is 15.2. The van der Waals surface area contributed by atoms with Crippen molar-refractivity contribution >= 4 is 0 Å². The molecule has 2 aromatic rings. The van der Waals surface area contributed by atoms with Crippen LogP contribution in [0.25, 0.3) is 0 Å². The zero-order valence-corrected chi connectivity index (χ0v) is 13.1. The third-order valence-electron chi connectivity index (χ3n) is 3.38. The first-order chi connectivity index (χ1) is 10.1. The molecule has 0 aliphatic carbocycles. The van der Waals surface area contributed by atoms with E-state index in [1.54, 1.807) is 0 Å².